The van der Waals surface area contributed by atoms with E-state index in [0.29, 0.717) is 5.96 Å². The molecule has 126 valence electrons. The molecule has 0 atom stereocenters. The van der Waals surface area contributed by atoms with Gasteiger partial charge in [0.05, 0.1) is 19.8 Å². The molecule has 23 heavy (non-hydrogen) atoms. The van der Waals surface area contributed by atoms with Crippen LogP contribution in [0.4, 0.5) is 0 Å². The fourth-order valence-corrected chi connectivity index (χ4v) is 3.87. The van der Waals surface area contributed by atoms with Crippen LogP contribution >= 0.6 is 0 Å². The van der Waals surface area contributed by atoms with Gasteiger partial charge in [-0.3, -0.25) is 4.99 Å². The maximum Gasteiger partial charge on any atom is 0.191 e. The van der Waals surface area contributed by atoms with E-state index < -0.39 is 0 Å². The molecule has 2 N–H and O–H groups in total. The van der Waals surface area contributed by atoms with E-state index >= 15 is 0 Å². The van der Waals surface area contributed by atoms with E-state index in [4.69, 9.17) is 15.5 Å². The van der Waals surface area contributed by atoms with Crippen molar-refractivity contribution in [2.45, 2.75) is 44.4 Å². The zero-order valence-electron chi connectivity index (χ0n) is 14.3. The Hall–Kier alpha value is -1.55. The van der Waals surface area contributed by atoms with Crippen molar-refractivity contribution < 1.29 is 4.74 Å². The molecule has 4 nitrogen and oxygen atoms in total. The van der Waals surface area contributed by atoms with Gasteiger partial charge in [0.15, 0.2) is 5.96 Å². The highest BCUT2D eigenvalue weighted by Crippen LogP contribution is 2.40. The summed E-state index contributed by atoms with van der Waals surface area (Å²) in [5.41, 5.74) is 9.19. The number of nitrogens with two attached hydrogens (primary N) is 1. The van der Waals surface area contributed by atoms with Gasteiger partial charge in [0, 0.05) is 18.5 Å². The minimum atomic E-state index is 0.168. The van der Waals surface area contributed by atoms with Gasteiger partial charge in [-0.15, -0.1) is 0 Å². The summed E-state index contributed by atoms with van der Waals surface area (Å²) in [6.07, 6.45) is 6.37. The number of aliphatic imine (C=N–C) groups is 1. The highest BCUT2D eigenvalue weighted by atomic mass is 16.5. The Morgan fingerprint density at radius 2 is 1.96 bits per heavy atom. The lowest BCUT2D eigenvalue weighted by atomic mass is 9.69. The van der Waals surface area contributed by atoms with Crippen LogP contribution in [0.1, 0.15) is 43.2 Å². The Labute approximate surface area is 139 Å². The molecule has 1 aliphatic carbocycles. The summed E-state index contributed by atoms with van der Waals surface area (Å²) in [6.45, 7) is 6.18. The van der Waals surface area contributed by atoms with Crippen LogP contribution in [0.25, 0.3) is 0 Å². The Balaban J connectivity index is 1.79. The quantitative estimate of drug-likeness (QED) is 0.689. The molecule has 4 heteroatoms. The molecule has 1 aliphatic heterocycles. The second kappa shape index (κ2) is 7.35. The number of rotatable bonds is 3. The number of guanidine groups is 1. The summed E-state index contributed by atoms with van der Waals surface area (Å²) in [5, 5.41) is 0. The average Bonchev–Trinajstić information content (AvgIpc) is 2.61. The van der Waals surface area contributed by atoms with E-state index in [9.17, 15) is 0 Å². The number of morpholine rings is 1. The highest BCUT2D eigenvalue weighted by molar-refractivity contribution is 5.78. The Morgan fingerprint density at radius 1 is 1.22 bits per heavy atom. The van der Waals surface area contributed by atoms with Crippen LogP contribution in [-0.2, 0) is 10.2 Å². The van der Waals surface area contributed by atoms with E-state index in [1.165, 1.54) is 43.2 Å². The number of benzene rings is 1. The number of hydrogen-bond donors (Lipinski definition) is 1. The highest BCUT2D eigenvalue weighted by Gasteiger charge is 2.34. The molecule has 1 aromatic rings. The zero-order chi connectivity index (χ0) is 16.1. The van der Waals surface area contributed by atoms with E-state index in [1.807, 2.05) is 0 Å². The minimum absolute atomic E-state index is 0.168. The van der Waals surface area contributed by atoms with Gasteiger partial charge in [0.2, 0.25) is 0 Å². The van der Waals surface area contributed by atoms with Crippen molar-refractivity contribution in [2.75, 3.05) is 32.8 Å². The maximum atomic E-state index is 6.25. The van der Waals surface area contributed by atoms with E-state index in [1.54, 1.807) is 0 Å². The second-order valence-corrected chi connectivity index (χ2v) is 6.98. The third kappa shape index (κ3) is 3.86. The summed E-state index contributed by atoms with van der Waals surface area (Å²) in [7, 11) is 0. The predicted octanol–water partition coefficient (Wildman–Crippen LogP) is 2.84. The van der Waals surface area contributed by atoms with Crippen molar-refractivity contribution in [1.82, 2.24) is 4.90 Å². The van der Waals surface area contributed by atoms with Gasteiger partial charge < -0.3 is 15.4 Å². The number of nitrogens with zero attached hydrogens (tertiary/aromatic N) is 2. The zero-order valence-corrected chi connectivity index (χ0v) is 14.3. The molecular weight excluding hydrogens is 286 g/mol. The Kier molecular flexibility index (Phi) is 5.21. The van der Waals surface area contributed by atoms with Gasteiger partial charge in [-0.2, -0.15) is 0 Å². The van der Waals surface area contributed by atoms with Crippen LogP contribution in [0.5, 0.6) is 0 Å². The van der Waals surface area contributed by atoms with Crippen molar-refractivity contribution in [3.8, 4) is 0 Å². The van der Waals surface area contributed by atoms with Gasteiger partial charge in [-0.1, -0.05) is 49.1 Å². The van der Waals surface area contributed by atoms with Crippen LogP contribution in [-0.4, -0.2) is 43.7 Å². The molecule has 1 aromatic carbocycles. The van der Waals surface area contributed by atoms with Crippen LogP contribution in [0.2, 0.25) is 0 Å². The Bertz CT molecular complexity index is 543. The summed E-state index contributed by atoms with van der Waals surface area (Å²) >= 11 is 0. The first kappa shape index (κ1) is 16.3. The lowest BCUT2D eigenvalue weighted by Crippen LogP contribution is -2.45. The van der Waals surface area contributed by atoms with E-state index in [2.05, 4.69) is 36.1 Å². The molecular formula is C19H29N3O. The van der Waals surface area contributed by atoms with Crippen LogP contribution in [0.15, 0.2) is 29.3 Å². The number of ether oxygens (including phenoxy) is 1. The largest absolute Gasteiger partial charge is 0.378 e. The summed E-state index contributed by atoms with van der Waals surface area (Å²) in [4.78, 5) is 6.96. The molecule has 1 heterocycles. The molecule has 2 aliphatic rings. The average molecular weight is 315 g/mol. The van der Waals surface area contributed by atoms with Gasteiger partial charge in [0.1, 0.15) is 0 Å². The van der Waals surface area contributed by atoms with Gasteiger partial charge >= 0.3 is 0 Å². The van der Waals surface area contributed by atoms with Crippen molar-refractivity contribution in [3.63, 3.8) is 0 Å². The number of aryl methyl sites for hydroxylation is 1. The fourth-order valence-electron chi connectivity index (χ4n) is 3.87. The first-order valence-corrected chi connectivity index (χ1v) is 8.89. The molecule has 0 spiro atoms. The lowest BCUT2D eigenvalue weighted by Gasteiger charge is -2.37. The summed E-state index contributed by atoms with van der Waals surface area (Å²) in [5.74, 6) is 0.686. The smallest absolute Gasteiger partial charge is 0.191 e. The molecule has 2 fully saturated rings. The summed E-state index contributed by atoms with van der Waals surface area (Å²) in [6, 6.07) is 8.96. The first-order valence-electron chi connectivity index (χ1n) is 8.89. The topological polar surface area (TPSA) is 50.8 Å². The third-order valence-corrected chi connectivity index (χ3v) is 5.32. The first-order chi connectivity index (χ1) is 11.2. The maximum absolute atomic E-state index is 6.25. The fraction of sp³-hybridized carbons (Fsp3) is 0.632. The van der Waals surface area contributed by atoms with Crippen molar-refractivity contribution in [1.29, 1.82) is 0 Å². The van der Waals surface area contributed by atoms with Gasteiger partial charge in [0.25, 0.3) is 0 Å². The standard InChI is InChI=1S/C19H29N3O/c1-16-6-5-7-17(14-16)19(8-3-2-4-9-19)15-21-18(20)22-10-12-23-13-11-22/h5-7,14H,2-4,8-13,15H2,1H3,(H2,20,21). The Morgan fingerprint density at radius 3 is 2.65 bits per heavy atom. The van der Waals surface area contributed by atoms with Gasteiger partial charge in [-0.05, 0) is 25.3 Å². The molecule has 1 saturated heterocycles. The van der Waals surface area contributed by atoms with Crippen molar-refractivity contribution in [3.05, 3.63) is 35.4 Å². The molecule has 0 aromatic heterocycles. The monoisotopic (exact) mass is 315 g/mol. The van der Waals surface area contributed by atoms with Crippen molar-refractivity contribution in [2.24, 2.45) is 10.7 Å². The molecule has 0 unspecified atom stereocenters. The molecule has 3 rings (SSSR count). The lowest BCUT2D eigenvalue weighted by molar-refractivity contribution is 0.0673. The van der Waals surface area contributed by atoms with E-state index in [0.717, 1.165) is 32.8 Å². The SMILES string of the molecule is Cc1cccc(C2(CN=C(N)N3CCOCC3)CCCCC2)c1. The molecule has 0 amide bonds. The number of hydrogen-bond acceptors (Lipinski definition) is 2. The van der Waals surface area contributed by atoms with E-state index in [-0.39, 0.29) is 5.41 Å². The molecule has 1 saturated carbocycles. The third-order valence-electron chi connectivity index (χ3n) is 5.32. The normalized spacial score (nSPS) is 22.1. The second-order valence-electron chi connectivity index (χ2n) is 6.98. The van der Waals surface area contributed by atoms with Crippen molar-refractivity contribution >= 4 is 5.96 Å². The summed E-state index contributed by atoms with van der Waals surface area (Å²) < 4.78 is 5.39. The van der Waals surface area contributed by atoms with Crippen LogP contribution in [0, 0.1) is 6.92 Å². The predicted molar refractivity (Wildman–Crippen MR) is 94.8 cm³/mol. The van der Waals surface area contributed by atoms with Gasteiger partial charge in [-0.25, -0.2) is 0 Å². The minimum Gasteiger partial charge on any atom is -0.378 e. The van der Waals surface area contributed by atoms with Crippen LogP contribution < -0.4 is 5.73 Å². The van der Waals surface area contributed by atoms with Crippen LogP contribution in [0.3, 0.4) is 0 Å². The molecule has 0 radical (unpaired) electrons. The molecule has 0 bridgehead atoms.